The summed E-state index contributed by atoms with van der Waals surface area (Å²) in [7, 11) is 1.61. The van der Waals surface area contributed by atoms with E-state index in [4.69, 9.17) is 14.5 Å². The molecule has 4 aromatic rings. The van der Waals surface area contributed by atoms with Crippen molar-refractivity contribution in [1.29, 1.82) is 0 Å². The first-order chi connectivity index (χ1) is 16.6. The molecule has 0 aliphatic carbocycles. The first kappa shape index (κ1) is 21.6. The molecule has 2 atom stereocenters. The van der Waals surface area contributed by atoms with E-state index in [2.05, 4.69) is 21.8 Å². The van der Waals surface area contributed by atoms with Crippen LogP contribution >= 0.6 is 0 Å². The highest BCUT2D eigenvalue weighted by Crippen LogP contribution is 2.43. The standard InChI is InChI=1S/C27H26N4O3/c1-4-34-22-15-14-18(16-23(22)33-3)25-24(26(32)29-19-10-6-5-7-11-19)17(2)28-27-30-20-12-8-9-13-21(20)31(25)27/h5-16,24-25H,2,4H2,1,3H3,(H,28,30)(H,29,32). The average Bonchev–Trinajstić information content (AvgIpc) is 3.22. The minimum Gasteiger partial charge on any atom is -0.493 e. The van der Waals surface area contributed by atoms with E-state index in [9.17, 15) is 4.79 Å². The summed E-state index contributed by atoms with van der Waals surface area (Å²) in [4.78, 5) is 18.4. The minimum atomic E-state index is -0.604. The van der Waals surface area contributed by atoms with Crippen molar-refractivity contribution in [3.8, 4) is 11.5 Å². The van der Waals surface area contributed by atoms with E-state index in [0.29, 0.717) is 29.8 Å². The third kappa shape index (κ3) is 3.75. The van der Waals surface area contributed by atoms with Crippen LogP contribution in [0.2, 0.25) is 0 Å². The lowest BCUT2D eigenvalue weighted by molar-refractivity contribution is -0.119. The Morgan fingerprint density at radius 2 is 1.85 bits per heavy atom. The van der Waals surface area contributed by atoms with Crippen LogP contribution in [-0.2, 0) is 4.79 Å². The Bertz CT molecular complexity index is 1360. The molecule has 0 saturated heterocycles. The molecule has 0 radical (unpaired) electrons. The summed E-state index contributed by atoms with van der Waals surface area (Å²) in [6.45, 7) is 6.67. The lowest BCUT2D eigenvalue weighted by atomic mass is 9.87. The Balaban J connectivity index is 1.66. The first-order valence-electron chi connectivity index (χ1n) is 11.2. The predicted molar refractivity (Wildman–Crippen MR) is 133 cm³/mol. The summed E-state index contributed by atoms with van der Waals surface area (Å²) in [6.07, 6.45) is 0. The zero-order chi connectivity index (χ0) is 23.7. The summed E-state index contributed by atoms with van der Waals surface area (Å²) in [5, 5.41) is 6.31. The molecule has 1 aliphatic rings. The van der Waals surface area contributed by atoms with Gasteiger partial charge >= 0.3 is 0 Å². The fraction of sp³-hybridized carbons (Fsp3) is 0.185. The lowest BCUT2D eigenvalue weighted by Gasteiger charge is -2.35. The van der Waals surface area contributed by atoms with Gasteiger partial charge in [-0.15, -0.1) is 0 Å². The zero-order valence-corrected chi connectivity index (χ0v) is 19.1. The molecule has 7 nitrogen and oxygen atoms in total. The summed E-state index contributed by atoms with van der Waals surface area (Å²) >= 11 is 0. The van der Waals surface area contributed by atoms with Crippen LogP contribution in [0.5, 0.6) is 11.5 Å². The molecule has 1 aliphatic heterocycles. The monoisotopic (exact) mass is 454 g/mol. The molecule has 172 valence electrons. The molecule has 2 unspecified atom stereocenters. The Kier molecular flexibility index (Phi) is 5.67. The van der Waals surface area contributed by atoms with Crippen molar-refractivity contribution < 1.29 is 14.3 Å². The second-order valence-electron chi connectivity index (χ2n) is 8.07. The van der Waals surface area contributed by atoms with Crippen LogP contribution < -0.4 is 20.1 Å². The van der Waals surface area contributed by atoms with Gasteiger partial charge in [-0.05, 0) is 48.9 Å². The highest BCUT2D eigenvalue weighted by atomic mass is 16.5. The molecule has 0 bridgehead atoms. The van der Waals surface area contributed by atoms with E-state index in [1.165, 1.54) is 0 Å². The number of imidazole rings is 1. The number of nitrogens with one attached hydrogen (secondary N) is 2. The van der Waals surface area contributed by atoms with Crippen molar-refractivity contribution in [3.05, 3.63) is 90.6 Å². The predicted octanol–water partition coefficient (Wildman–Crippen LogP) is 5.23. The van der Waals surface area contributed by atoms with Crippen molar-refractivity contribution in [2.45, 2.75) is 13.0 Å². The number of carbonyl (C=O) groups is 1. The molecular formula is C27H26N4O3. The van der Waals surface area contributed by atoms with Crippen molar-refractivity contribution in [2.75, 3.05) is 24.4 Å². The topological polar surface area (TPSA) is 77.4 Å². The highest BCUT2D eigenvalue weighted by molar-refractivity contribution is 5.96. The van der Waals surface area contributed by atoms with E-state index in [0.717, 1.165) is 22.3 Å². The summed E-state index contributed by atoms with van der Waals surface area (Å²) in [5.41, 5.74) is 3.96. The first-order valence-corrected chi connectivity index (χ1v) is 11.2. The van der Waals surface area contributed by atoms with Gasteiger partial charge in [0.15, 0.2) is 11.5 Å². The molecule has 5 rings (SSSR count). The van der Waals surface area contributed by atoms with E-state index < -0.39 is 12.0 Å². The van der Waals surface area contributed by atoms with Gasteiger partial charge < -0.3 is 24.7 Å². The van der Waals surface area contributed by atoms with E-state index in [1.807, 2.05) is 79.7 Å². The molecule has 1 amide bonds. The van der Waals surface area contributed by atoms with Crippen LogP contribution in [0.1, 0.15) is 18.5 Å². The van der Waals surface area contributed by atoms with Crippen molar-refractivity contribution in [1.82, 2.24) is 9.55 Å². The molecule has 2 N–H and O–H groups in total. The smallest absolute Gasteiger partial charge is 0.235 e. The number of para-hydroxylation sites is 3. The third-order valence-electron chi connectivity index (χ3n) is 5.99. The van der Waals surface area contributed by atoms with Gasteiger partial charge in [-0.1, -0.05) is 43.0 Å². The molecule has 1 aromatic heterocycles. The zero-order valence-electron chi connectivity index (χ0n) is 19.1. The Labute approximate surface area is 198 Å². The number of hydrogen-bond acceptors (Lipinski definition) is 5. The fourth-order valence-corrected chi connectivity index (χ4v) is 4.50. The van der Waals surface area contributed by atoms with Gasteiger partial charge in [0, 0.05) is 11.4 Å². The van der Waals surface area contributed by atoms with Gasteiger partial charge in [-0.3, -0.25) is 4.79 Å². The molecule has 0 saturated carbocycles. The largest absolute Gasteiger partial charge is 0.493 e. The maximum Gasteiger partial charge on any atom is 0.235 e. The van der Waals surface area contributed by atoms with E-state index >= 15 is 0 Å². The summed E-state index contributed by atoms with van der Waals surface area (Å²) < 4.78 is 13.4. The lowest BCUT2D eigenvalue weighted by Crippen LogP contribution is -2.39. The Morgan fingerprint density at radius 3 is 2.62 bits per heavy atom. The van der Waals surface area contributed by atoms with Crippen molar-refractivity contribution >= 4 is 28.6 Å². The van der Waals surface area contributed by atoms with E-state index in [1.54, 1.807) is 7.11 Å². The molecule has 0 spiro atoms. The molecule has 7 heteroatoms. The van der Waals surface area contributed by atoms with Crippen LogP contribution in [0.3, 0.4) is 0 Å². The number of rotatable bonds is 6. The van der Waals surface area contributed by atoms with Gasteiger partial charge in [0.05, 0.1) is 30.8 Å². The molecule has 0 fully saturated rings. The van der Waals surface area contributed by atoms with Crippen LogP contribution in [0.15, 0.2) is 85.1 Å². The number of anilines is 2. The fourth-order valence-electron chi connectivity index (χ4n) is 4.50. The SMILES string of the molecule is C=C1Nc2nc3ccccc3n2C(c2ccc(OCC)c(OC)c2)C1C(=O)Nc1ccccc1. The van der Waals surface area contributed by atoms with Gasteiger partial charge in [-0.25, -0.2) is 4.98 Å². The minimum absolute atomic E-state index is 0.162. The number of amides is 1. The number of ether oxygens (including phenoxy) is 2. The second kappa shape index (κ2) is 8.94. The van der Waals surface area contributed by atoms with Crippen LogP contribution in [0, 0.1) is 5.92 Å². The number of fused-ring (bicyclic) bond motifs is 3. The molecule has 3 aromatic carbocycles. The Hall–Kier alpha value is -4.26. The van der Waals surface area contributed by atoms with Crippen molar-refractivity contribution in [3.63, 3.8) is 0 Å². The molecular weight excluding hydrogens is 428 g/mol. The number of hydrogen-bond donors (Lipinski definition) is 2. The average molecular weight is 455 g/mol. The second-order valence-corrected chi connectivity index (χ2v) is 8.07. The van der Waals surface area contributed by atoms with Gasteiger partial charge in [0.25, 0.3) is 0 Å². The maximum atomic E-state index is 13.7. The maximum absolute atomic E-state index is 13.7. The number of nitrogens with zero attached hydrogens (tertiary/aromatic N) is 2. The summed E-state index contributed by atoms with van der Waals surface area (Å²) in [6, 6.07) is 22.7. The quantitative estimate of drug-likeness (QED) is 0.417. The number of aromatic nitrogens is 2. The third-order valence-corrected chi connectivity index (χ3v) is 5.99. The molecule has 34 heavy (non-hydrogen) atoms. The van der Waals surface area contributed by atoms with Crippen LogP contribution in [0.25, 0.3) is 11.0 Å². The summed E-state index contributed by atoms with van der Waals surface area (Å²) in [5.74, 6) is 1.14. The van der Waals surface area contributed by atoms with Gasteiger partial charge in [0.2, 0.25) is 11.9 Å². The van der Waals surface area contributed by atoms with Gasteiger partial charge in [-0.2, -0.15) is 0 Å². The Morgan fingerprint density at radius 1 is 1.09 bits per heavy atom. The van der Waals surface area contributed by atoms with E-state index in [-0.39, 0.29) is 5.91 Å². The van der Waals surface area contributed by atoms with Crippen molar-refractivity contribution in [2.24, 2.45) is 5.92 Å². The number of benzene rings is 3. The highest BCUT2D eigenvalue weighted by Gasteiger charge is 2.40. The number of methoxy groups -OCH3 is 1. The molecule has 2 heterocycles. The number of carbonyl (C=O) groups excluding carboxylic acids is 1. The van der Waals surface area contributed by atoms with Gasteiger partial charge in [0.1, 0.15) is 5.92 Å². The van der Waals surface area contributed by atoms with Crippen LogP contribution in [-0.4, -0.2) is 29.2 Å². The normalized spacial score (nSPS) is 17.1. The van der Waals surface area contributed by atoms with Crippen LogP contribution in [0.4, 0.5) is 11.6 Å².